The summed E-state index contributed by atoms with van der Waals surface area (Å²) in [6.07, 6.45) is 7.77. The largest absolute Gasteiger partial charge is 0.352 e. The van der Waals surface area contributed by atoms with Crippen molar-refractivity contribution < 1.29 is 4.79 Å². The van der Waals surface area contributed by atoms with Gasteiger partial charge in [-0.1, -0.05) is 78.4 Å². The zero-order valence-electron chi connectivity index (χ0n) is 17.7. The minimum Gasteiger partial charge on any atom is -0.352 e. The van der Waals surface area contributed by atoms with Gasteiger partial charge in [0.15, 0.2) is 0 Å². The molecule has 1 saturated carbocycles. The predicted molar refractivity (Wildman–Crippen MR) is 124 cm³/mol. The van der Waals surface area contributed by atoms with Crippen molar-refractivity contribution in [2.45, 2.75) is 44.2 Å². The van der Waals surface area contributed by atoms with Gasteiger partial charge in [-0.15, -0.1) is 0 Å². The van der Waals surface area contributed by atoms with Crippen molar-refractivity contribution in [2.75, 3.05) is 11.4 Å². The Hall–Kier alpha value is -3.19. The number of amides is 1. The minimum atomic E-state index is -0.176. The molecular formula is C24H25ClN6O. The van der Waals surface area contributed by atoms with Gasteiger partial charge in [-0.3, -0.25) is 9.69 Å². The van der Waals surface area contributed by atoms with Crippen LogP contribution in [-0.4, -0.2) is 38.7 Å². The highest BCUT2D eigenvalue weighted by Gasteiger charge is 2.32. The number of fused-ring (bicyclic) bond motifs is 1. The molecule has 1 unspecified atom stereocenters. The van der Waals surface area contributed by atoms with E-state index in [9.17, 15) is 4.79 Å². The Morgan fingerprint density at radius 3 is 2.53 bits per heavy atom. The number of halogens is 1. The van der Waals surface area contributed by atoms with Crippen LogP contribution in [0.5, 0.6) is 0 Å². The summed E-state index contributed by atoms with van der Waals surface area (Å²) in [6.45, 7) is 0.146. The number of rotatable bonds is 5. The van der Waals surface area contributed by atoms with E-state index < -0.39 is 0 Å². The monoisotopic (exact) mass is 448 g/mol. The van der Waals surface area contributed by atoms with E-state index in [1.165, 1.54) is 19.3 Å². The van der Waals surface area contributed by atoms with E-state index in [1.807, 2.05) is 47.4 Å². The van der Waals surface area contributed by atoms with Gasteiger partial charge in [0.25, 0.3) is 5.95 Å². The van der Waals surface area contributed by atoms with Crippen molar-refractivity contribution in [3.8, 4) is 0 Å². The zero-order valence-corrected chi connectivity index (χ0v) is 18.4. The summed E-state index contributed by atoms with van der Waals surface area (Å²) in [7, 11) is 0. The number of nitrogens with zero attached hydrogens (tertiary/aromatic N) is 5. The van der Waals surface area contributed by atoms with E-state index in [1.54, 1.807) is 4.68 Å². The van der Waals surface area contributed by atoms with Crippen LogP contribution in [0, 0.1) is 0 Å². The molecule has 2 aromatic carbocycles. The number of tetrazole rings is 1. The number of hydrogen-bond donors (Lipinski definition) is 1. The first-order valence-electron chi connectivity index (χ1n) is 11.1. The van der Waals surface area contributed by atoms with Gasteiger partial charge in [-0.25, -0.2) is 0 Å². The fourth-order valence-electron chi connectivity index (χ4n) is 4.54. The number of aromatic nitrogens is 4. The summed E-state index contributed by atoms with van der Waals surface area (Å²) < 4.78 is 1.77. The smallest absolute Gasteiger partial charge is 0.251 e. The molecule has 3 aromatic rings. The van der Waals surface area contributed by atoms with Crippen molar-refractivity contribution in [2.24, 2.45) is 0 Å². The maximum atomic E-state index is 13.0. The molecule has 8 heteroatoms. The molecule has 1 aliphatic carbocycles. The number of nitrogens with one attached hydrogen (secondary N) is 1. The lowest BCUT2D eigenvalue weighted by Crippen LogP contribution is -2.44. The highest BCUT2D eigenvalue weighted by Crippen LogP contribution is 2.36. The van der Waals surface area contributed by atoms with Gasteiger partial charge < -0.3 is 5.32 Å². The van der Waals surface area contributed by atoms with Gasteiger partial charge in [-0.05, 0) is 52.6 Å². The zero-order chi connectivity index (χ0) is 21.9. The molecule has 2 aliphatic rings. The van der Waals surface area contributed by atoms with Crippen LogP contribution in [0.3, 0.4) is 0 Å². The fourth-order valence-corrected chi connectivity index (χ4v) is 4.67. The summed E-state index contributed by atoms with van der Waals surface area (Å²) in [6, 6.07) is 17.8. The van der Waals surface area contributed by atoms with Gasteiger partial charge in [-0.2, -0.15) is 4.68 Å². The van der Waals surface area contributed by atoms with Crippen molar-refractivity contribution in [3.05, 3.63) is 76.8 Å². The van der Waals surface area contributed by atoms with Gasteiger partial charge >= 0.3 is 0 Å². The first kappa shape index (κ1) is 20.7. The van der Waals surface area contributed by atoms with Crippen LogP contribution in [0.15, 0.2) is 60.7 Å². The van der Waals surface area contributed by atoms with Gasteiger partial charge in [0, 0.05) is 11.1 Å². The highest BCUT2D eigenvalue weighted by molar-refractivity contribution is 6.30. The molecule has 0 bridgehead atoms. The number of anilines is 1. The maximum Gasteiger partial charge on any atom is 0.251 e. The molecule has 0 radical (unpaired) electrons. The summed E-state index contributed by atoms with van der Waals surface area (Å²) in [5.74, 6) is 0.523. The van der Waals surface area contributed by atoms with E-state index in [4.69, 9.17) is 11.6 Å². The Kier molecular flexibility index (Phi) is 5.90. The van der Waals surface area contributed by atoms with Crippen molar-refractivity contribution >= 4 is 29.2 Å². The number of allylic oxidation sites excluding steroid dienone is 1. The molecule has 1 aromatic heterocycles. The topological polar surface area (TPSA) is 75.9 Å². The maximum absolute atomic E-state index is 13.0. The Morgan fingerprint density at radius 2 is 1.78 bits per heavy atom. The summed E-state index contributed by atoms with van der Waals surface area (Å²) in [5, 5.41) is 16.3. The first-order chi connectivity index (χ1) is 15.7. The summed E-state index contributed by atoms with van der Waals surface area (Å²) in [4.78, 5) is 14.9. The average molecular weight is 449 g/mol. The first-order valence-corrected chi connectivity index (χ1v) is 11.4. The van der Waals surface area contributed by atoms with E-state index in [2.05, 4.69) is 39.1 Å². The van der Waals surface area contributed by atoms with Crippen LogP contribution >= 0.6 is 11.6 Å². The van der Waals surface area contributed by atoms with Gasteiger partial charge in [0.2, 0.25) is 5.91 Å². The third kappa shape index (κ3) is 4.25. The van der Waals surface area contributed by atoms with Gasteiger partial charge in [0.1, 0.15) is 12.6 Å². The van der Waals surface area contributed by atoms with Crippen LogP contribution < -0.4 is 10.2 Å². The molecule has 1 amide bonds. The van der Waals surface area contributed by atoms with E-state index in [0.717, 1.165) is 29.7 Å². The van der Waals surface area contributed by atoms with Crippen molar-refractivity contribution in [1.29, 1.82) is 0 Å². The van der Waals surface area contributed by atoms with Crippen molar-refractivity contribution in [3.63, 3.8) is 0 Å². The Morgan fingerprint density at radius 1 is 1.03 bits per heavy atom. The molecule has 1 aliphatic heterocycles. The lowest BCUT2D eigenvalue weighted by atomic mass is 9.95. The molecule has 5 rings (SSSR count). The molecule has 7 nitrogen and oxygen atoms in total. The number of carbonyl (C=O) groups excluding carboxylic acids is 1. The molecule has 1 atom stereocenters. The number of benzene rings is 2. The van der Waals surface area contributed by atoms with Crippen molar-refractivity contribution in [1.82, 2.24) is 25.5 Å². The normalized spacial score (nSPS) is 18.7. The quantitative estimate of drug-likeness (QED) is 0.632. The van der Waals surface area contributed by atoms with Gasteiger partial charge in [0.05, 0.1) is 5.70 Å². The summed E-state index contributed by atoms with van der Waals surface area (Å²) in [5.41, 5.74) is 2.91. The Bertz CT molecular complexity index is 1110. The van der Waals surface area contributed by atoms with Crippen LogP contribution in [0.4, 0.5) is 5.95 Å². The van der Waals surface area contributed by atoms with Crippen LogP contribution in [0.1, 0.15) is 49.3 Å². The van der Waals surface area contributed by atoms with E-state index >= 15 is 0 Å². The molecule has 2 heterocycles. The standard InChI is InChI=1S/C24H25ClN6O/c25-19-13-11-18(12-14-19)21-15-22(17-7-3-1-4-8-17)31-24(27-28-29-31)30(21)16-23(32)26-20-9-5-2-6-10-20/h1,3-4,7-8,11-15,20,22H,2,5-6,9-10,16H2,(H,26,32). The fraction of sp³-hybridized carbons (Fsp3) is 0.333. The number of carbonyl (C=O) groups is 1. The molecule has 0 saturated heterocycles. The Balaban J connectivity index is 1.50. The van der Waals surface area contributed by atoms with E-state index in [0.29, 0.717) is 11.0 Å². The molecule has 1 N–H and O–H groups in total. The second-order valence-electron chi connectivity index (χ2n) is 8.33. The van der Waals surface area contributed by atoms with Crippen LogP contribution in [0.2, 0.25) is 5.02 Å². The van der Waals surface area contributed by atoms with Crippen LogP contribution in [0.25, 0.3) is 5.70 Å². The average Bonchev–Trinajstić information content (AvgIpc) is 3.31. The lowest BCUT2D eigenvalue weighted by Gasteiger charge is -2.33. The molecule has 32 heavy (non-hydrogen) atoms. The van der Waals surface area contributed by atoms with Crippen LogP contribution in [-0.2, 0) is 4.79 Å². The molecule has 1 fully saturated rings. The Labute approximate surface area is 192 Å². The predicted octanol–water partition coefficient (Wildman–Crippen LogP) is 4.23. The third-order valence-electron chi connectivity index (χ3n) is 6.14. The second kappa shape index (κ2) is 9.12. The molecule has 0 spiro atoms. The molecular weight excluding hydrogens is 424 g/mol. The van der Waals surface area contributed by atoms with E-state index in [-0.39, 0.29) is 24.5 Å². The molecule has 164 valence electrons. The third-order valence-corrected chi connectivity index (χ3v) is 6.39. The highest BCUT2D eigenvalue weighted by atomic mass is 35.5. The summed E-state index contributed by atoms with van der Waals surface area (Å²) >= 11 is 6.13. The minimum absolute atomic E-state index is 0.0236. The second-order valence-corrected chi connectivity index (χ2v) is 8.76. The SMILES string of the molecule is O=C(CN1C(c2ccc(Cl)cc2)=CC(c2ccccc2)n2nnnc21)NC1CCCCC1. The number of hydrogen-bond acceptors (Lipinski definition) is 5. The lowest BCUT2D eigenvalue weighted by molar-refractivity contribution is -0.120.